The fraction of sp³-hybridized carbons (Fsp3) is 0.692. The van der Waals surface area contributed by atoms with Crippen molar-refractivity contribution in [3.63, 3.8) is 0 Å². The lowest BCUT2D eigenvalue weighted by Gasteiger charge is -2.19. The van der Waals surface area contributed by atoms with Crippen LogP contribution in [0.1, 0.15) is 32.2 Å². The van der Waals surface area contributed by atoms with Gasteiger partial charge in [0.2, 0.25) is 0 Å². The maximum Gasteiger partial charge on any atom is 0.293 e. The monoisotopic (exact) mass is 249 g/mol. The van der Waals surface area contributed by atoms with E-state index >= 15 is 0 Å². The van der Waals surface area contributed by atoms with Crippen molar-refractivity contribution in [1.82, 2.24) is 9.55 Å². The molecule has 1 N–H and O–H groups in total. The zero-order valence-electron chi connectivity index (χ0n) is 10.6. The lowest BCUT2D eigenvalue weighted by Crippen LogP contribution is -2.32. The predicted molar refractivity (Wildman–Crippen MR) is 68.8 cm³/mol. The zero-order valence-corrected chi connectivity index (χ0v) is 10.6. The summed E-state index contributed by atoms with van der Waals surface area (Å²) in [4.78, 5) is 16.4. The minimum atomic E-state index is 0.00534. The van der Waals surface area contributed by atoms with E-state index in [4.69, 9.17) is 4.74 Å². The number of hydrogen-bond donors (Lipinski definition) is 1. The standard InChI is InChI=1S/C13H19N3O2/c1-9(10-4-7-18-8-10)15-12-13(17)16(6-5-14-12)11-2-3-11/h5-6,9-11H,2-4,7-8H2,1H3,(H,14,15). The van der Waals surface area contributed by atoms with Crippen molar-refractivity contribution >= 4 is 5.82 Å². The Morgan fingerprint density at radius 3 is 3.00 bits per heavy atom. The van der Waals surface area contributed by atoms with Gasteiger partial charge in [0.25, 0.3) is 5.56 Å². The summed E-state index contributed by atoms with van der Waals surface area (Å²) in [6, 6.07) is 0.619. The zero-order chi connectivity index (χ0) is 12.5. The first kappa shape index (κ1) is 11.7. The minimum Gasteiger partial charge on any atom is -0.381 e. The molecule has 2 fully saturated rings. The third-order valence-electron chi connectivity index (χ3n) is 3.84. The lowest BCUT2D eigenvalue weighted by atomic mass is 10.0. The summed E-state index contributed by atoms with van der Waals surface area (Å²) in [5.41, 5.74) is 0.00534. The van der Waals surface area contributed by atoms with Gasteiger partial charge in [-0.3, -0.25) is 4.79 Å². The highest BCUT2D eigenvalue weighted by molar-refractivity contribution is 5.32. The molecule has 0 amide bonds. The summed E-state index contributed by atoms with van der Waals surface area (Å²) in [6.07, 6.45) is 6.76. The fourth-order valence-electron chi connectivity index (χ4n) is 2.44. The quantitative estimate of drug-likeness (QED) is 0.876. The van der Waals surface area contributed by atoms with E-state index < -0.39 is 0 Å². The Morgan fingerprint density at radius 1 is 1.50 bits per heavy atom. The van der Waals surface area contributed by atoms with E-state index in [9.17, 15) is 4.79 Å². The molecular formula is C13H19N3O2. The van der Waals surface area contributed by atoms with Crippen molar-refractivity contribution in [1.29, 1.82) is 0 Å². The fourth-order valence-corrected chi connectivity index (χ4v) is 2.44. The topological polar surface area (TPSA) is 56.2 Å². The Morgan fingerprint density at radius 2 is 2.33 bits per heavy atom. The van der Waals surface area contributed by atoms with E-state index in [-0.39, 0.29) is 11.6 Å². The molecule has 1 aromatic rings. The van der Waals surface area contributed by atoms with Crippen LogP contribution in [0.2, 0.25) is 0 Å². The predicted octanol–water partition coefficient (Wildman–Crippen LogP) is 1.42. The van der Waals surface area contributed by atoms with Crippen LogP contribution in [0, 0.1) is 5.92 Å². The molecule has 0 radical (unpaired) electrons. The van der Waals surface area contributed by atoms with Crippen LogP contribution >= 0.6 is 0 Å². The van der Waals surface area contributed by atoms with Crippen LogP contribution in [-0.4, -0.2) is 28.8 Å². The number of aromatic nitrogens is 2. The molecular weight excluding hydrogens is 230 g/mol. The molecule has 1 aliphatic carbocycles. The molecule has 0 bridgehead atoms. The molecule has 1 aromatic heterocycles. The Hall–Kier alpha value is -1.36. The van der Waals surface area contributed by atoms with Gasteiger partial charge in [-0.2, -0.15) is 0 Å². The summed E-state index contributed by atoms with van der Waals surface area (Å²) in [5, 5.41) is 3.25. The van der Waals surface area contributed by atoms with E-state index in [1.165, 1.54) is 0 Å². The van der Waals surface area contributed by atoms with Gasteiger partial charge in [-0.15, -0.1) is 0 Å². The van der Waals surface area contributed by atoms with E-state index in [0.717, 1.165) is 32.5 Å². The summed E-state index contributed by atoms with van der Waals surface area (Å²) in [7, 11) is 0. The van der Waals surface area contributed by atoms with E-state index in [1.807, 2.05) is 0 Å². The third-order valence-corrected chi connectivity index (χ3v) is 3.84. The Balaban J connectivity index is 1.75. The van der Waals surface area contributed by atoms with Crippen LogP contribution in [0.15, 0.2) is 17.2 Å². The first-order chi connectivity index (χ1) is 8.75. The Labute approximate surface area is 106 Å². The average molecular weight is 249 g/mol. The Kier molecular flexibility index (Phi) is 3.07. The molecule has 1 saturated carbocycles. The smallest absolute Gasteiger partial charge is 0.293 e. The van der Waals surface area contributed by atoms with Gasteiger partial charge in [-0.1, -0.05) is 0 Å². The summed E-state index contributed by atoms with van der Waals surface area (Å²) >= 11 is 0. The van der Waals surface area contributed by atoms with Gasteiger partial charge in [-0.25, -0.2) is 4.98 Å². The minimum absolute atomic E-state index is 0.00534. The van der Waals surface area contributed by atoms with Gasteiger partial charge in [-0.05, 0) is 26.2 Å². The van der Waals surface area contributed by atoms with Crippen LogP contribution in [0.4, 0.5) is 5.82 Å². The number of anilines is 1. The van der Waals surface area contributed by atoms with Crippen molar-refractivity contribution < 1.29 is 4.74 Å². The molecule has 18 heavy (non-hydrogen) atoms. The van der Waals surface area contributed by atoms with Crippen molar-refractivity contribution in [3.05, 3.63) is 22.7 Å². The second kappa shape index (κ2) is 4.72. The summed E-state index contributed by atoms with van der Waals surface area (Å²) in [6.45, 7) is 3.69. The first-order valence-corrected chi connectivity index (χ1v) is 6.67. The van der Waals surface area contributed by atoms with Crippen LogP contribution in [0.5, 0.6) is 0 Å². The first-order valence-electron chi connectivity index (χ1n) is 6.67. The molecule has 5 heteroatoms. The summed E-state index contributed by atoms with van der Waals surface area (Å²) in [5.74, 6) is 0.949. The highest BCUT2D eigenvalue weighted by Crippen LogP contribution is 2.33. The number of rotatable bonds is 4. The van der Waals surface area contributed by atoms with Crippen molar-refractivity contribution in [2.75, 3.05) is 18.5 Å². The van der Waals surface area contributed by atoms with Crippen molar-refractivity contribution in [3.8, 4) is 0 Å². The highest BCUT2D eigenvalue weighted by Gasteiger charge is 2.27. The van der Waals surface area contributed by atoms with Crippen LogP contribution in [-0.2, 0) is 4.74 Å². The average Bonchev–Trinajstić information content (AvgIpc) is 3.05. The van der Waals surface area contributed by atoms with E-state index in [0.29, 0.717) is 17.8 Å². The van der Waals surface area contributed by atoms with Crippen LogP contribution in [0.25, 0.3) is 0 Å². The molecule has 2 heterocycles. The normalized spacial score (nSPS) is 25.1. The van der Waals surface area contributed by atoms with Gasteiger partial charge < -0.3 is 14.6 Å². The SMILES string of the molecule is CC(Nc1nccn(C2CC2)c1=O)C1CCOC1. The third kappa shape index (κ3) is 2.27. The molecule has 0 spiro atoms. The van der Waals surface area contributed by atoms with Gasteiger partial charge >= 0.3 is 0 Å². The molecule has 1 aliphatic heterocycles. The molecule has 98 valence electrons. The van der Waals surface area contributed by atoms with Gasteiger partial charge in [0.15, 0.2) is 5.82 Å². The molecule has 3 rings (SSSR count). The maximum atomic E-state index is 12.2. The second-order valence-electron chi connectivity index (χ2n) is 5.28. The summed E-state index contributed by atoms with van der Waals surface area (Å²) < 4.78 is 7.17. The number of nitrogens with zero attached hydrogens (tertiary/aromatic N) is 2. The van der Waals surface area contributed by atoms with Gasteiger partial charge in [0, 0.05) is 37.0 Å². The molecule has 1 saturated heterocycles. The lowest BCUT2D eigenvalue weighted by molar-refractivity contribution is 0.183. The largest absolute Gasteiger partial charge is 0.381 e. The van der Waals surface area contributed by atoms with Gasteiger partial charge in [0.05, 0.1) is 6.61 Å². The van der Waals surface area contributed by atoms with Crippen LogP contribution < -0.4 is 10.9 Å². The molecule has 2 aliphatic rings. The number of nitrogens with one attached hydrogen (secondary N) is 1. The molecule has 5 nitrogen and oxygen atoms in total. The van der Waals surface area contributed by atoms with Crippen molar-refractivity contribution in [2.45, 2.75) is 38.3 Å². The van der Waals surface area contributed by atoms with Crippen molar-refractivity contribution in [2.24, 2.45) is 5.92 Å². The maximum absolute atomic E-state index is 12.2. The second-order valence-corrected chi connectivity index (χ2v) is 5.28. The Bertz CT molecular complexity index is 475. The van der Waals surface area contributed by atoms with Gasteiger partial charge in [0.1, 0.15) is 0 Å². The molecule has 2 unspecified atom stereocenters. The molecule has 2 atom stereocenters. The van der Waals surface area contributed by atoms with E-state index in [2.05, 4.69) is 17.2 Å². The molecule has 0 aromatic carbocycles. The number of hydrogen-bond acceptors (Lipinski definition) is 4. The van der Waals surface area contributed by atoms with Crippen LogP contribution in [0.3, 0.4) is 0 Å². The van der Waals surface area contributed by atoms with E-state index in [1.54, 1.807) is 17.0 Å². The highest BCUT2D eigenvalue weighted by atomic mass is 16.5. The number of ether oxygens (including phenoxy) is 1.